The minimum absolute atomic E-state index is 0.112. The molecule has 5 heteroatoms. The predicted molar refractivity (Wildman–Crippen MR) is 65.5 cm³/mol. The highest BCUT2D eigenvalue weighted by atomic mass is 35.5. The van der Waals surface area contributed by atoms with Crippen LogP contribution < -0.4 is 0 Å². The maximum Gasteiger partial charge on any atom is 0.303 e. The summed E-state index contributed by atoms with van der Waals surface area (Å²) in [6.45, 7) is 1.67. The molecular formula is C13H14ClFO3. The third-order valence-electron chi connectivity index (χ3n) is 3.45. The number of halogens is 2. The second-order valence-corrected chi connectivity index (χ2v) is 5.18. The highest BCUT2D eigenvalue weighted by molar-refractivity contribution is 6.31. The van der Waals surface area contributed by atoms with Gasteiger partial charge in [-0.05, 0) is 37.3 Å². The van der Waals surface area contributed by atoms with Crippen LogP contribution >= 0.6 is 11.6 Å². The number of carbonyl (C=O) groups is 1. The summed E-state index contributed by atoms with van der Waals surface area (Å²) in [6, 6.07) is 1.06. The molecule has 1 saturated carbocycles. The van der Waals surface area contributed by atoms with E-state index in [-0.39, 0.29) is 23.3 Å². The normalized spacial score (nSPS) is 16.6. The number of phenols is 1. The Morgan fingerprint density at radius 1 is 1.61 bits per heavy atom. The molecule has 1 atom stereocenters. The summed E-state index contributed by atoms with van der Waals surface area (Å²) in [4.78, 5) is 10.9. The Morgan fingerprint density at radius 2 is 2.22 bits per heavy atom. The van der Waals surface area contributed by atoms with Gasteiger partial charge in [-0.3, -0.25) is 4.79 Å². The lowest BCUT2D eigenvalue weighted by atomic mass is 9.87. The molecule has 0 bridgehead atoms. The van der Waals surface area contributed by atoms with E-state index >= 15 is 0 Å². The van der Waals surface area contributed by atoms with Gasteiger partial charge in [-0.1, -0.05) is 11.6 Å². The van der Waals surface area contributed by atoms with Crippen molar-refractivity contribution in [2.45, 2.75) is 32.1 Å². The molecule has 1 aromatic rings. The lowest BCUT2D eigenvalue weighted by Crippen LogP contribution is -2.11. The van der Waals surface area contributed by atoms with E-state index in [4.69, 9.17) is 16.7 Å². The van der Waals surface area contributed by atoms with Gasteiger partial charge in [-0.15, -0.1) is 0 Å². The fourth-order valence-electron chi connectivity index (χ4n) is 2.37. The minimum atomic E-state index is -0.953. The van der Waals surface area contributed by atoms with Crippen LogP contribution in [0.5, 0.6) is 5.75 Å². The molecule has 3 nitrogen and oxygen atoms in total. The van der Waals surface area contributed by atoms with E-state index in [0.717, 1.165) is 18.9 Å². The second-order valence-electron chi connectivity index (χ2n) is 4.77. The van der Waals surface area contributed by atoms with Crippen LogP contribution in [0.1, 0.15) is 36.3 Å². The minimum Gasteiger partial charge on any atom is -0.505 e. The summed E-state index contributed by atoms with van der Waals surface area (Å²) >= 11 is 5.90. The predicted octanol–water partition coefficient (Wildman–Crippen LogP) is 3.46. The van der Waals surface area contributed by atoms with Crippen LogP contribution in [0.15, 0.2) is 6.07 Å². The summed E-state index contributed by atoms with van der Waals surface area (Å²) in [7, 11) is 0. The molecule has 0 saturated heterocycles. The lowest BCUT2D eigenvalue weighted by molar-refractivity contribution is -0.137. The first-order valence-electron chi connectivity index (χ1n) is 5.81. The SMILES string of the molecule is Cc1c(Cl)cc(F)c(O)c1C(CC(=O)O)C1CC1. The molecule has 1 unspecified atom stereocenters. The Balaban J connectivity index is 2.49. The zero-order chi connectivity index (χ0) is 13.4. The Kier molecular flexibility index (Phi) is 3.48. The number of aromatic hydroxyl groups is 1. The third kappa shape index (κ3) is 2.43. The van der Waals surface area contributed by atoms with Gasteiger partial charge in [0, 0.05) is 16.5 Å². The van der Waals surface area contributed by atoms with Crippen molar-refractivity contribution in [2.75, 3.05) is 0 Å². The van der Waals surface area contributed by atoms with Gasteiger partial charge in [0.25, 0.3) is 0 Å². The molecule has 0 heterocycles. The average Bonchev–Trinajstić information content (AvgIpc) is 3.08. The fraction of sp³-hybridized carbons (Fsp3) is 0.462. The molecule has 98 valence electrons. The summed E-state index contributed by atoms with van der Waals surface area (Å²) in [5.41, 5.74) is 0.915. The molecule has 1 aliphatic carbocycles. The molecule has 0 aliphatic heterocycles. The molecule has 0 spiro atoms. The Labute approximate surface area is 109 Å². The molecule has 0 aromatic heterocycles. The van der Waals surface area contributed by atoms with Crippen LogP contribution in [0.3, 0.4) is 0 Å². The van der Waals surface area contributed by atoms with Crippen molar-refractivity contribution in [3.8, 4) is 5.75 Å². The smallest absolute Gasteiger partial charge is 0.303 e. The zero-order valence-electron chi connectivity index (χ0n) is 9.91. The van der Waals surface area contributed by atoms with Crippen LogP contribution in [0.25, 0.3) is 0 Å². The largest absolute Gasteiger partial charge is 0.505 e. The molecular weight excluding hydrogens is 259 g/mol. The first-order chi connectivity index (χ1) is 8.41. The number of carboxylic acids is 1. The quantitative estimate of drug-likeness (QED) is 0.882. The summed E-state index contributed by atoms with van der Waals surface area (Å²) < 4.78 is 13.5. The summed E-state index contributed by atoms with van der Waals surface area (Å²) in [5, 5.41) is 19.0. The lowest BCUT2D eigenvalue weighted by Gasteiger charge is -2.19. The maximum atomic E-state index is 13.5. The number of benzene rings is 1. The Hall–Kier alpha value is -1.29. The van der Waals surface area contributed by atoms with Crippen molar-refractivity contribution in [1.82, 2.24) is 0 Å². The number of hydrogen-bond donors (Lipinski definition) is 2. The standard InChI is InChI=1S/C13H14ClFO3/c1-6-9(14)5-10(15)13(18)12(6)8(4-11(16)17)7-2-3-7/h5,7-8,18H,2-4H2,1H3,(H,16,17). The van der Waals surface area contributed by atoms with Crippen molar-refractivity contribution >= 4 is 17.6 Å². The van der Waals surface area contributed by atoms with Crippen molar-refractivity contribution < 1.29 is 19.4 Å². The molecule has 1 fully saturated rings. The van der Waals surface area contributed by atoms with E-state index in [1.807, 2.05) is 0 Å². The molecule has 1 aromatic carbocycles. The van der Waals surface area contributed by atoms with Crippen LogP contribution in [-0.2, 0) is 4.79 Å². The second kappa shape index (κ2) is 4.76. The van der Waals surface area contributed by atoms with Crippen molar-refractivity contribution in [3.63, 3.8) is 0 Å². The van der Waals surface area contributed by atoms with Gasteiger partial charge in [-0.2, -0.15) is 0 Å². The van der Waals surface area contributed by atoms with Crippen LogP contribution in [-0.4, -0.2) is 16.2 Å². The number of carboxylic acid groups (broad SMARTS) is 1. The molecule has 2 N–H and O–H groups in total. The topological polar surface area (TPSA) is 57.5 Å². The third-order valence-corrected chi connectivity index (χ3v) is 3.85. The van der Waals surface area contributed by atoms with E-state index < -0.39 is 17.5 Å². The molecule has 18 heavy (non-hydrogen) atoms. The molecule has 1 aliphatic rings. The van der Waals surface area contributed by atoms with Crippen molar-refractivity contribution in [2.24, 2.45) is 5.92 Å². The van der Waals surface area contributed by atoms with Crippen LogP contribution in [0, 0.1) is 18.7 Å². The Bertz CT molecular complexity index is 471. The van der Waals surface area contributed by atoms with Gasteiger partial charge < -0.3 is 10.2 Å². The van der Waals surface area contributed by atoms with Gasteiger partial charge in [0.2, 0.25) is 0 Å². The van der Waals surface area contributed by atoms with Crippen LogP contribution in [0.2, 0.25) is 5.02 Å². The number of phenolic OH excluding ortho intramolecular Hbond substituents is 1. The fourth-order valence-corrected chi connectivity index (χ4v) is 2.57. The Morgan fingerprint density at radius 3 is 2.72 bits per heavy atom. The number of rotatable bonds is 4. The van der Waals surface area contributed by atoms with Gasteiger partial charge in [0.05, 0.1) is 6.42 Å². The van der Waals surface area contributed by atoms with E-state index in [1.54, 1.807) is 6.92 Å². The summed E-state index contributed by atoms with van der Waals surface area (Å²) in [5.74, 6) is -2.38. The van der Waals surface area contributed by atoms with E-state index in [1.165, 1.54) is 0 Å². The van der Waals surface area contributed by atoms with Gasteiger partial charge >= 0.3 is 5.97 Å². The maximum absolute atomic E-state index is 13.5. The highest BCUT2D eigenvalue weighted by Gasteiger charge is 2.37. The molecule has 2 rings (SSSR count). The highest BCUT2D eigenvalue weighted by Crippen LogP contribution is 2.49. The van der Waals surface area contributed by atoms with E-state index in [0.29, 0.717) is 11.1 Å². The van der Waals surface area contributed by atoms with Crippen LogP contribution in [0.4, 0.5) is 4.39 Å². The van der Waals surface area contributed by atoms with E-state index in [9.17, 15) is 14.3 Å². The molecule has 0 amide bonds. The first-order valence-corrected chi connectivity index (χ1v) is 6.18. The van der Waals surface area contributed by atoms with Gasteiger partial charge in [0.1, 0.15) is 0 Å². The van der Waals surface area contributed by atoms with Gasteiger partial charge in [0.15, 0.2) is 11.6 Å². The first kappa shape index (κ1) is 13.1. The molecule has 0 radical (unpaired) electrons. The monoisotopic (exact) mass is 272 g/mol. The average molecular weight is 273 g/mol. The van der Waals surface area contributed by atoms with Crippen molar-refractivity contribution in [1.29, 1.82) is 0 Å². The summed E-state index contributed by atoms with van der Waals surface area (Å²) in [6.07, 6.45) is 1.70. The number of aliphatic carboxylic acids is 1. The number of hydrogen-bond acceptors (Lipinski definition) is 2. The van der Waals surface area contributed by atoms with E-state index in [2.05, 4.69) is 0 Å². The zero-order valence-corrected chi connectivity index (χ0v) is 10.7. The van der Waals surface area contributed by atoms with Gasteiger partial charge in [-0.25, -0.2) is 4.39 Å². The van der Waals surface area contributed by atoms with Crippen molar-refractivity contribution in [3.05, 3.63) is 28.0 Å².